The Morgan fingerprint density at radius 2 is 2.00 bits per heavy atom. The van der Waals surface area contributed by atoms with Crippen molar-refractivity contribution in [1.82, 2.24) is 9.62 Å². The van der Waals surface area contributed by atoms with Gasteiger partial charge < -0.3 is 10.6 Å². The van der Waals surface area contributed by atoms with E-state index >= 15 is 0 Å². The van der Waals surface area contributed by atoms with Crippen LogP contribution in [0.1, 0.15) is 12.8 Å². The van der Waals surface area contributed by atoms with Gasteiger partial charge in [0.05, 0.1) is 5.69 Å². The molecule has 0 spiro atoms. The number of nitrogens with one attached hydrogen (secondary N) is 1. The second-order valence-corrected chi connectivity index (χ2v) is 7.12. The molecule has 0 atom stereocenters. The maximum absolute atomic E-state index is 13.9. The minimum atomic E-state index is -3.96. The number of halogens is 2. The van der Waals surface area contributed by atoms with Gasteiger partial charge in [0, 0.05) is 11.1 Å². The van der Waals surface area contributed by atoms with Gasteiger partial charge in [0.1, 0.15) is 4.90 Å². The summed E-state index contributed by atoms with van der Waals surface area (Å²) < 4.78 is 40.9. The molecular formula is C12H17ClFN3O2S. The zero-order chi connectivity index (χ0) is 14.9. The Labute approximate surface area is 122 Å². The smallest absolute Gasteiger partial charge is 0.243 e. The number of hydrogen-bond acceptors (Lipinski definition) is 4. The number of sulfonamides is 1. The number of benzene rings is 1. The predicted octanol–water partition coefficient (Wildman–Crippen LogP) is 1.43. The van der Waals surface area contributed by atoms with Crippen LogP contribution >= 0.6 is 11.6 Å². The highest BCUT2D eigenvalue weighted by Gasteiger charge is 2.26. The summed E-state index contributed by atoms with van der Waals surface area (Å²) in [5.74, 6) is -0.963. The molecule has 0 bridgehead atoms. The number of nitrogens with zero attached hydrogens (tertiary/aromatic N) is 1. The van der Waals surface area contributed by atoms with Gasteiger partial charge in [0.25, 0.3) is 0 Å². The van der Waals surface area contributed by atoms with Crippen molar-refractivity contribution < 1.29 is 12.8 Å². The van der Waals surface area contributed by atoms with Gasteiger partial charge in [-0.15, -0.1) is 0 Å². The molecule has 1 aromatic rings. The van der Waals surface area contributed by atoms with E-state index in [2.05, 4.69) is 9.62 Å². The Morgan fingerprint density at radius 3 is 2.60 bits per heavy atom. The Bertz CT molecular complexity index is 601. The van der Waals surface area contributed by atoms with Crippen LogP contribution in [0, 0.1) is 5.82 Å². The van der Waals surface area contributed by atoms with Crippen molar-refractivity contribution in [3.8, 4) is 0 Å². The molecule has 1 aliphatic rings. The molecule has 1 aromatic carbocycles. The third kappa shape index (κ3) is 3.41. The molecule has 0 amide bonds. The van der Waals surface area contributed by atoms with Crippen molar-refractivity contribution in [2.24, 2.45) is 0 Å². The lowest BCUT2D eigenvalue weighted by Gasteiger charge is -2.29. The van der Waals surface area contributed by atoms with Gasteiger partial charge in [-0.1, -0.05) is 11.6 Å². The van der Waals surface area contributed by atoms with Crippen LogP contribution in [0.3, 0.4) is 0 Å². The Hall–Kier alpha value is -0.890. The van der Waals surface area contributed by atoms with E-state index in [1.807, 2.05) is 7.05 Å². The summed E-state index contributed by atoms with van der Waals surface area (Å²) in [5, 5.41) is 0.0904. The molecule has 0 unspecified atom stereocenters. The Balaban J connectivity index is 2.23. The average molecular weight is 322 g/mol. The van der Waals surface area contributed by atoms with Crippen LogP contribution in [0.2, 0.25) is 5.02 Å². The summed E-state index contributed by atoms with van der Waals surface area (Å²) in [5.41, 5.74) is 5.13. The first kappa shape index (κ1) is 15.5. The molecule has 1 aliphatic heterocycles. The van der Waals surface area contributed by atoms with E-state index in [-0.39, 0.29) is 16.8 Å². The van der Waals surface area contributed by atoms with Crippen molar-refractivity contribution in [3.05, 3.63) is 23.0 Å². The zero-order valence-electron chi connectivity index (χ0n) is 11.1. The van der Waals surface area contributed by atoms with E-state index in [0.29, 0.717) is 12.8 Å². The molecule has 8 heteroatoms. The summed E-state index contributed by atoms with van der Waals surface area (Å²) in [6.07, 6.45) is 1.38. The van der Waals surface area contributed by atoms with Crippen LogP contribution in [-0.2, 0) is 10.0 Å². The fourth-order valence-corrected chi connectivity index (χ4v) is 3.92. The second-order valence-electron chi connectivity index (χ2n) is 5.01. The molecule has 3 N–H and O–H groups in total. The zero-order valence-corrected chi connectivity index (χ0v) is 12.6. The predicted molar refractivity (Wildman–Crippen MR) is 76.7 cm³/mol. The van der Waals surface area contributed by atoms with Crippen LogP contribution in [0.15, 0.2) is 17.0 Å². The monoisotopic (exact) mass is 321 g/mol. The third-order valence-electron chi connectivity index (χ3n) is 3.36. The van der Waals surface area contributed by atoms with E-state index in [0.717, 1.165) is 19.2 Å². The molecule has 1 fully saturated rings. The topological polar surface area (TPSA) is 75.4 Å². The molecule has 0 aliphatic carbocycles. The molecule has 112 valence electrons. The molecule has 1 saturated heterocycles. The van der Waals surface area contributed by atoms with E-state index in [4.69, 9.17) is 17.3 Å². The average Bonchev–Trinajstić information content (AvgIpc) is 2.36. The van der Waals surface area contributed by atoms with Crippen molar-refractivity contribution in [2.45, 2.75) is 23.8 Å². The summed E-state index contributed by atoms with van der Waals surface area (Å²) >= 11 is 5.74. The fraction of sp³-hybridized carbons (Fsp3) is 0.500. The lowest BCUT2D eigenvalue weighted by atomic mass is 10.1. The molecular weight excluding hydrogens is 305 g/mol. The normalized spacial score (nSPS) is 18.4. The van der Waals surface area contributed by atoms with Crippen LogP contribution in [0.25, 0.3) is 0 Å². The van der Waals surface area contributed by atoms with Gasteiger partial charge >= 0.3 is 0 Å². The number of rotatable bonds is 3. The molecule has 0 saturated carbocycles. The van der Waals surface area contributed by atoms with Crippen molar-refractivity contribution in [3.63, 3.8) is 0 Å². The first-order valence-corrected chi connectivity index (χ1v) is 8.11. The summed E-state index contributed by atoms with van der Waals surface area (Å²) in [6, 6.07) is 2.06. The quantitative estimate of drug-likeness (QED) is 0.826. The van der Waals surface area contributed by atoms with E-state index in [9.17, 15) is 12.8 Å². The lowest BCUT2D eigenvalue weighted by Crippen LogP contribution is -2.43. The van der Waals surface area contributed by atoms with Crippen molar-refractivity contribution in [1.29, 1.82) is 0 Å². The summed E-state index contributed by atoms with van der Waals surface area (Å²) in [7, 11) is -1.99. The van der Waals surface area contributed by atoms with Crippen LogP contribution < -0.4 is 10.5 Å². The van der Waals surface area contributed by atoms with Crippen molar-refractivity contribution >= 4 is 27.3 Å². The SMILES string of the molecule is CN1CCC(NS(=O)(=O)c2cc(Cl)cc(N)c2F)CC1. The highest BCUT2D eigenvalue weighted by atomic mass is 35.5. The largest absolute Gasteiger partial charge is 0.396 e. The lowest BCUT2D eigenvalue weighted by molar-refractivity contribution is 0.248. The summed E-state index contributed by atoms with van der Waals surface area (Å²) in [4.78, 5) is 1.62. The van der Waals surface area contributed by atoms with E-state index in [1.54, 1.807) is 0 Å². The van der Waals surface area contributed by atoms with Gasteiger partial charge in [-0.3, -0.25) is 0 Å². The first-order valence-electron chi connectivity index (χ1n) is 6.25. The van der Waals surface area contributed by atoms with Crippen LogP contribution in [0.4, 0.5) is 10.1 Å². The molecule has 5 nitrogen and oxygen atoms in total. The highest BCUT2D eigenvalue weighted by molar-refractivity contribution is 7.89. The number of anilines is 1. The van der Waals surface area contributed by atoms with E-state index in [1.165, 1.54) is 6.07 Å². The molecule has 20 heavy (non-hydrogen) atoms. The molecule has 1 heterocycles. The van der Waals surface area contributed by atoms with Crippen LogP contribution in [-0.4, -0.2) is 39.5 Å². The maximum atomic E-state index is 13.9. The molecule has 2 rings (SSSR count). The highest BCUT2D eigenvalue weighted by Crippen LogP contribution is 2.25. The summed E-state index contributed by atoms with van der Waals surface area (Å²) in [6.45, 7) is 1.60. The Kier molecular flexibility index (Phi) is 4.53. The minimum Gasteiger partial charge on any atom is -0.396 e. The molecule has 0 aromatic heterocycles. The second kappa shape index (κ2) is 5.85. The van der Waals surface area contributed by atoms with Gasteiger partial charge in [0.2, 0.25) is 10.0 Å². The maximum Gasteiger partial charge on any atom is 0.243 e. The van der Waals surface area contributed by atoms with Gasteiger partial charge in [-0.25, -0.2) is 17.5 Å². The number of likely N-dealkylation sites (tertiary alicyclic amines) is 1. The number of piperidine rings is 1. The number of nitrogen functional groups attached to an aromatic ring is 1. The third-order valence-corrected chi connectivity index (χ3v) is 5.10. The number of hydrogen-bond donors (Lipinski definition) is 2. The fourth-order valence-electron chi connectivity index (χ4n) is 2.19. The van der Waals surface area contributed by atoms with Gasteiger partial charge in [0.15, 0.2) is 5.82 Å². The molecule has 0 radical (unpaired) electrons. The Morgan fingerprint density at radius 1 is 1.40 bits per heavy atom. The van der Waals surface area contributed by atoms with Gasteiger partial charge in [-0.05, 0) is 45.1 Å². The van der Waals surface area contributed by atoms with Crippen LogP contribution in [0.5, 0.6) is 0 Å². The standard InChI is InChI=1S/C12H17ClFN3O2S/c1-17-4-2-9(3-5-17)16-20(18,19)11-7-8(13)6-10(15)12(11)14/h6-7,9,16H,2-5,15H2,1H3. The first-order chi connectivity index (χ1) is 9.29. The number of nitrogens with two attached hydrogens (primary N) is 1. The van der Waals surface area contributed by atoms with E-state index < -0.39 is 20.7 Å². The minimum absolute atomic E-state index is 0.0904. The van der Waals surface area contributed by atoms with Crippen molar-refractivity contribution in [2.75, 3.05) is 25.9 Å². The van der Waals surface area contributed by atoms with Gasteiger partial charge in [-0.2, -0.15) is 0 Å².